The van der Waals surface area contributed by atoms with Crippen LogP contribution in [0.3, 0.4) is 0 Å². The van der Waals surface area contributed by atoms with Gasteiger partial charge in [-0.2, -0.15) is 0 Å². The number of nitrogens with zero attached hydrogens (tertiary/aromatic N) is 3. The van der Waals surface area contributed by atoms with Crippen LogP contribution < -0.4 is 10.7 Å². The molecule has 3 aromatic rings. The summed E-state index contributed by atoms with van der Waals surface area (Å²) in [6, 6.07) is 6.80. The monoisotopic (exact) mass is 398 g/mol. The van der Waals surface area contributed by atoms with Crippen molar-refractivity contribution in [1.29, 1.82) is 0 Å². The number of hydrogen-bond acceptors (Lipinski definition) is 7. The van der Waals surface area contributed by atoms with Crippen LogP contribution in [0.2, 0.25) is 0 Å². The van der Waals surface area contributed by atoms with Gasteiger partial charge in [0.15, 0.2) is 17.2 Å². The number of aryl methyl sites for hydroxylation is 1. The van der Waals surface area contributed by atoms with Crippen LogP contribution in [0, 0.1) is 6.92 Å². The Bertz CT molecular complexity index is 1100. The lowest BCUT2D eigenvalue weighted by Gasteiger charge is -2.35. The summed E-state index contributed by atoms with van der Waals surface area (Å²) in [7, 11) is 0. The average Bonchev–Trinajstić information content (AvgIpc) is 3.13. The highest BCUT2D eigenvalue weighted by molar-refractivity contribution is 5.77. The van der Waals surface area contributed by atoms with E-state index < -0.39 is 16.6 Å². The van der Waals surface area contributed by atoms with E-state index in [2.05, 4.69) is 15.5 Å². The molecule has 0 unspecified atom stereocenters. The summed E-state index contributed by atoms with van der Waals surface area (Å²) in [6.07, 6.45) is 2.83. The molecule has 2 N–H and O–H groups in total. The first kappa shape index (κ1) is 19.1. The molecule has 1 aliphatic heterocycles. The molecule has 0 aromatic carbocycles. The van der Waals surface area contributed by atoms with Crippen LogP contribution in [0.15, 0.2) is 39.7 Å². The lowest BCUT2D eigenvalue weighted by atomic mass is 9.74. The molecule has 152 valence electrons. The van der Waals surface area contributed by atoms with Gasteiger partial charge in [0, 0.05) is 37.3 Å². The largest absolute Gasteiger partial charge is 0.502 e. The fraction of sp³-hybridized carbons (Fsp3) is 0.400. The maximum absolute atomic E-state index is 12.8. The molecule has 0 spiro atoms. The van der Waals surface area contributed by atoms with E-state index in [1.165, 1.54) is 6.07 Å². The number of rotatable bonds is 5. The summed E-state index contributed by atoms with van der Waals surface area (Å²) in [5, 5.41) is 21.4. The van der Waals surface area contributed by atoms with Crippen molar-refractivity contribution in [2.45, 2.75) is 38.1 Å². The number of aromatic nitrogens is 3. The molecule has 0 aliphatic carbocycles. The quantitative estimate of drug-likeness (QED) is 0.668. The van der Waals surface area contributed by atoms with Crippen LogP contribution in [0.1, 0.15) is 36.6 Å². The Morgan fingerprint density at radius 3 is 2.90 bits per heavy atom. The highest BCUT2D eigenvalue weighted by Gasteiger charge is 2.42. The van der Waals surface area contributed by atoms with Crippen LogP contribution >= 0.6 is 0 Å². The van der Waals surface area contributed by atoms with Crippen molar-refractivity contribution < 1.29 is 19.1 Å². The van der Waals surface area contributed by atoms with E-state index >= 15 is 0 Å². The zero-order valence-electron chi connectivity index (χ0n) is 16.1. The summed E-state index contributed by atoms with van der Waals surface area (Å²) >= 11 is 0. The summed E-state index contributed by atoms with van der Waals surface area (Å²) in [6.45, 7) is 2.69. The van der Waals surface area contributed by atoms with E-state index in [-0.39, 0.29) is 24.6 Å². The molecular formula is C20H22N4O5. The number of hydrogen-bond donors (Lipinski definition) is 2. The minimum atomic E-state index is -0.801. The number of nitrogens with one attached hydrogen (secondary N) is 1. The zero-order valence-corrected chi connectivity index (χ0v) is 16.1. The van der Waals surface area contributed by atoms with Crippen molar-refractivity contribution >= 4 is 11.6 Å². The van der Waals surface area contributed by atoms with Gasteiger partial charge in [-0.1, -0.05) is 6.07 Å². The lowest BCUT2D eigenvalue weighted by molar-refractivity contribution is -0.123. The minimum absolute atomic E-state index is 0.0625. The highest BCUT2D eigenvalue weighted by Crippen LogP contribution is 2.41. The van der Waals surface area contributed by atoms with Gasteiger partial charge in [0.05, 0.1) is 6.54 Å². The van der Waals surface area contributed by atoms with Gasteiger partial charge < -0.3 is 19.6 Å². The number of aromatic hydroxyl groups is 1. The van der Waals surface area contributed by atoms with Crippen LogP contribution in [0.5, 0.6) is 5.75 Å². The van der Waals surface area contributed by atoms with E-state index in [4.69, 9.17) is 9.15 Å². The summed E-state index contributed by atoms with van der Waals surface area (Å²) in [5.41, 5.74) is -0.612. The molecule has 1 aliphatic rings. The normalized spacial score (nSPS) is 16.0. The predicted octanol–water partition coefficient (Wildman–Crippen LogP) is 1.45. The van der Waals surface area contributed by atoms with Gasteiger partial charge in [-0.25, -0.2) is 0 Å². The van der Waals surface area contributed by atoms with Crippen molar-refractivity contribution in [2.24, 2.45) is 0 Å². The highest BCUT2D eigenvalue weighted by atomic mass is 16.5. The molecule has 1 saturated heterocycles. The van der Waals surface area contributed by atoms with E-state index in [1.807, 2.05) is 24.4 Å². The molecule has 4 heterocycles. The molecule has 9 nitrogen and oxygen atoms in total. The summed E-state index contributed by atoms with van der Waals surface area (Å²) < 4.78 is 13.0. The Kier molecular flexibility index (Phi) is 5.06. The van der Waals surface area contributed by atoms with E-state index in [0.717, 1.165) is 0 Å². The van der Waals surface area contributed by atoms with Crippen molar-refractivity contribution in [2.75, 3.05) is 13.2 Å². The van der Waals surface area contributed by atoms with Crippen molar-refractivity contribution in [3.05, 3.63) is 58.0 Å². The standard InChI is InChI=1S/C20H22N4O5/c1-13-10-14(25)18(27)19(29-13)20(5-8-28-9-6-20)11-17(26)21-12-16-23-22-15-4-2-3-7-24(15)16/h2-4,7,10,27H,5-6,8-9,11-12H2,1H3,(H,21,26). The van der Waals surface area contributed by atoms with Crippen LogP contribution in [0.4, 0.5) is 0 Å². The third-order valence-corrected chi connectivity index (χ3v) is 5.30. The molecular weight excluding hydrogens is 376 g/mol. The van der Waals surface area contributed by atoms with Crippen molar-refractivity contribution in [1.82, 2.24) is 19.9 Å². The van der Waals surface area contributed by atoms with Crippen molar-refractivity contribution in [3.63, 3.8) is 0 Å². The molecule has 9 heteroatoms. The number of fused-ring (bicyclic) bond motifs is 1. The molecule has 0 saturated carbocycles. The van der Waals surface area contributed by atoms with E-state index in [1.54, 1.807) is 11.3 Å². The molecule has 1 fully saturated rings. The molecule has 4 rings (SSSR count). The Balaban J connectivity index is 1.55. The van der Waals surface area contributed by atoms with E-state index in [9.17, 15) is 14.7 Å². The first-order valence-electron chi connectivity index (χ1n) is 9.46. The Morgan fingerprint density at radius 2 is 2.10 bits per heavy atom. The predicted molar refractivity (Wildman–Crippen MR) is 103 cm³/mol. The third-order valence-electron chi connectivity index (χ3n) is 5.30. The maximum Gasteiger partial charge on any atom is 0.227 e. The maximum atomic E-state index is 12.8. The zero-order chi connectivity index (χ0) is 20.4. The van der Waals surface area contributed by atoms with Crippen LogP contribution in [0.25, 0.3) is 5.65 Å². The van der Waals surface area contributed by atoms with Gasteiger partial charge in [0.1, 0.15) is 5.76 Å². The smallest absolute Gasteiger partial charge is 0.227 e. The molecule has 3 aromatic heterocycles. The number of pyridine rings is 1. The molecule has 0 atom stereocenters. The second kappa shape index (κ2) is 7.67. The van der Waals surface area contributed by atoms with Gasteiger partial charge in [-0.3, -0.25) is 14.0 Å². The van der Waals surface area contributed by atoms with Crippen LogP contribution in [-0.4, -0.2) is 38.8 Å². The van der Waals surface area contributed by atoms with Crippen molar-refractivity contribution in [3.8, 4) is 5.75 Å². The van der Waals surface area contributed by atoms with Gasteiger partial charge in [-0.05, 0) is 31.9 Å². The SMILES string of the molecule is Cc1cc(=O)c(O)c(C2(CC(=O)NCc3nnc4ccccn34)CCOCC2)o1. The first-order chi connectivity index (χ1) is 14.0. The molecule has 0 bridgehead atoms. The molecule has 1 amide bonds. The van der Waals surface area contributed by atoms with Gasteiger partial charge in [-0.15, -0.1) is 10.2 Å². The van der Waals surface area contributed by atoms with Crippen LogP contribution in [-0.2, 0) is 21.5 Å². The number of ether oxygens (including phenoxy) is 1. The second-order valence-corrected chi connectivity index (χ2v) is 7.29. The fourth-order valence-corrected chi connectivity index (χ4v) is 3.77. The Morgan fingerprint density at radius 1 is 1.31 bits per heavy atom. The topological polar surface area (TPSA) is 119 Å². The minimum Gasteiger partial charge on any atom is -0.502 e. The summed E-state index contributed by atoms with van der Waals surface area (Å²) in [4.78, 5) is 24.9. The Hall–Kier alpha value is -3.20. The first-order valence-corrected chi connectivity index (χ1v) is 9.46. The number of amides is 1. The van der Waals surface area contributed by atoms with Gasteiger partial charge in [0.2, 0.25) is 17.1 Å². The van der Waals surface area contributed by atoms with Gasteiger partial charge >= 0.3 is 0 Å². The summed E-state index contributed by atoms with van der Waals surface area (Å²) in [5.74, 6) is 0.495. The van der Waals surface area contributed by atoms with E-state index in [0.29, 0.717) is 43.3 Å². The number of carbonyl (C=O) groups excluding carboxylic acids is 1. The third kappa shape index (κ3) is 3.73. The van der Waals surface area contributed by atoms with Gasteiger partial charge in [0.25, 0.3) is 0 Å². The molecule has 0 radical (unpaired) electrons. The Labute approximate surface area is 166 Å². The average molecular weight is 398 g/mol. The lowest BCUT2D eigenvalue weighted by Crippen LogP contribution is -2.40. The molecule has 29 heavy (non-hydrogen) atoms. The fourth-order valence-electron chi connectivity index (χ4n) is 3.77. The second-order valence-electron chi connectivity index (χ2n) is 7.29. The number of carbonyl (C=O) groups is 1.